The van der Waals surface area contributed by atoms with E-state index in [9.17, 15) is 14.4 Å². The predicted octanol–water partition coefficient (Wildman–Crippen LogP) is 2.48. The molecule has 0 unspecified atom stereocenters. The maximum atomic E-state index is 12.7. The number of nitrogens with one attached hydrogen (secondary N) is 2. The van der Waals surface area contributed by atoms with Crippen LogP contribution in [-0.2, 0) is 9.59 Å². The summed E-state index contributed by atoms with van der Waals surface area (Å²) in [5, 5.41) is 5.33. The summed E-state index contributed by atoms with van der Waals surface area (Å²) in [4.78, 5) is 37.1. The Morgan fingerprint density at radius 2 is 1.61 bits per heavy atom. The summed E-state index contributed by atoms with van der Waals surface area (Å²) in [6.45, 7) is 6.41. The van der Waals surface area contributed by atoms with Gasteiger partial charge in [0.05, 0.1) is 0 Å². The second-order valence-corrected chi connectivity index (χ2v) is 6.16. The molecule has 1 aromatic carbocycles. The first-order valence-corrected chi connectivity index (χ1v) is 7.84. The lowest BCUT2D eigenvalue weighted by Crippen LogP contribution is -2.39. The van der Waals surface area contributed by atoms with Crippen LogP contribution in [-0.4, -0.2) is 35.7 Å². The van der Waals surface area contributed by atoms with E-state index >= 15 is 0 Å². The quantitative estimate of drug-likeness (QED) is 0.899. The first-order chi connectivity index (χ1) is 10.8. The molecule has 0 bridgehead atoms. The molecule has 1 saturated heterocycles. The molecular weight excluding hydrogens is 294 g/mol. The number of carbonyl (C=O) groups excluding carboxylic acids is 3. The average Bonchev–Trinajstić information content (AvgIpc) is 2.44. The minimum atomic E-state index is -0.227. The van der Waals surface area contributed by atoms with Crippen molar-refractivity contribution < 1.29 is 14.4 Å². The molecule has 0 aliphatic carbocycles. The molecule has 124 valence electrons. The van der Waals surface area contributed by atoms with Gasteiger partial charge in [0, 0.05) is 43.9 Å². The molecule has 2 rings (SSSR count). The molecular formula is C17H23N3O3. The number of hydrogen-bond acceptors (Lipinski definition) is 3. The fourth-order valence-electron chi connectivity index (χ4n) is 2.86. The van der Waals surface area contributed by atoms with Gasteiger partial charge in [0.15, 0.2) is 0 Å². The number of likely N-dealkylation sites (tertiary alicyclic amines) is 1. The number of anilines is 2. The van der Waals surface area contributed by atoms with E-state index in [2.05, 4.69) is 17.6 Å². The van der Waals surface area contributed by atoms with Crippen LogP contribution in [0, 0.1) is 5.92 Å². The summed E-state index contributed by atoms with van der Waals surface area (Å²) in [5.41, 5.74) is 1.46. The Labute approximate surface area is 136 Å². The lowest BCUT2D eigenvalue weighted by Gasteiger charge is -2.31. The minimum Gasteiger partial charge on any atom is -0.338 e. The Morgan fingerprint density at radius 1 is 1.04 bits per heavy atom. The van der Waals surface area contributed by atoms with Crippen molar-refractivity contribution in [2.75, 3.05) is 23.7 Å². The summed E-state index contributed by atoms with van der Waals surface area (Å²) < 4.78 is 0. The predicted molar refractivity (Wildman–Crippen MR) is 89.4 cm³/mol. The van der Waals surface area contributed by atoms with Crippen LogP contribution in [0.3, 0.4) is 0 Å². The second-order valence-electron chi connectivity index (χ2n) is 6.16. The lowest BCUT2D eigenvalue weighted by molar-refractivity contribution is -0.115. The highest BCUT2D eigenvalue weighted by molar-refractivity contribution is 6.00. The van der Waals surface area contributed by atoms with Crippen molar-refractivity contribution in [3.8, 4) is 0 Å². The van der Waals surface area contributed by atoms with E-state index < -0.39 is 0 Å². The minimum absolute atomic E-state index is 0.0737. The zero-order valence-corrected chi connectivity index (χ0v) is 13.8. The zero-order chi connectivity index (χ0) is 17.0. The smallest absolute Gasteiger partial charge is 0.254 e. The normalized spacial score (nSPS) is 17.5. The summed E-state index contributed by atoms with van der Waals surface area (Å²) in [5.74, 6) is -0.0404. The first-order valence-electron chi connectivity index (χ1n) is 7.84. The Hall–Kier alpha value is -2.37. The molecule has 0 saturated carbocycles. The Kier molecular flexibility index (Phi) is 5.36. The van der Waals surface area contributed by atoms with Crippen LogP contribution in [0.5, 0.6) is 0 Å². The van der Waals surface area contributed by atoms with Gasteiger partial charge in [-0.2, -0.15) is 0 Å². The molecule has 1 atom stereocenters. The monoisotopic (exact) mass is 317 g/mol. The highest BCUT2D eigenvalue weighted by Crippen LogP contribution is 2.23. The summed E-state index contributed by atoms with van der Waals surface area (Å²) >= 11 is 0. The van der Waals surface area contributed by atoms with Crippen molar-refractivity contribution in [2.45, 2.75) is 33.6 Å². The third-order valence-electron chi connectivity index (χ3n) is 3.76. The Balaban J connectivity index is 2.29. The molecule has 0 radical (unpaired) electrons. The topological polar surface area (TPSA) is 78.5 Å². The number of carbonyl (C=O) groups is 3. The lowest BCUT2D eigenvalue weighted by atomic mass is 9.99. The van der Waals surface area contributed by atoms with Crippen molar-refractivity contribution in [3.05, 3.63) is 23.8 Å². The molecule has 0 spiro atoms. The maximum absolute atomic E-state index is 12.7. The van der Waals surface area contributed by atoms with E-state index in [1.54, 1.807) is 18.2 Å². The third-order valence-corrected chi connectivity index (χ3v) is 3.76. The molecule has 6 heteroatoms. The van der Waals surface area contributed by atoms with E-state index in [1.165, 1.54) is 13.8 Å². The largest absolute Gasteiger partial charge is 0.338 e. The van der Waals surface area contributed by atoms with Crippen LogP contribution < -0.4 is 10.6 Å². The highest BCUT2D eigenvalue weighted by Gasteiger charge is 2.22. The van der Waals surface area contributed by atoms with E-state index in [0.717, 1.165) is 25.9 Å². The summed E-state index contributed by atoms with van der Waals surface area (Å²) in [6, 6.07) is 4.93. The second kappa shape index (κ2) is 7.26. The number of amides is 3. The first kappa shape index (κ1) is 17.0. The van der Waals surface area contributed by atoms with Crippen molar-refractivity contribution >= 4 is 29.1 Å². The Morgan fingerprint density at radius 3 is 2.09 bits per heavy atom. The van der Waals surface area contributed by atoms with Gasteiger partial charge in [-0.15, -0.1) is 0 Å². The molecule has 23 heavy (non-hydrogen) atoms. The Bertz CT molecular complexity index is 593. The van der Waals surface area contributed by atoms with Gasteiger partial charge in [0.2, 0.25) is 11.8 Å². The number of nitrogens with zero attached hydrogens (tertiary/aromatic N) is 1. The number of piperidine rings is 1. The van der Waals surface area contributed by atoms with E-state index in [1.807, 2.05) is 4.90 Å². The molecule has 1 heterocycles. The van der Waals surface area contributed by atoms with Crippen LogP contribution >= 0.6 is 0 Å². The molecule has 3 amide bonds. The molecule has 6 nitrogen and oxygen atoms in total. The summed E-state index contributed by atoms with van der Waals surface area (Å²) in [7, 11) is 0. The zero-order valence-electron chi connectivity index (χ0n) is 13.8. The van der Waals surface area contributed by atoms with Gasteiger partial charge in [0.1, 0.15) is 0 Å². The van der Waals surface area contributed by atoms with E-state index in [0.29, 0.717) is 22.9 Å². The van der Waals surface area contributed by atoms with Crippen molar-refractivity contribution in [1.82, 2.24) is 4.90 Å². The molecule has 0 aromatic heterocycles. The SMILES string of the molecule is CC(=O)Nc1cc(NC(C)=O)cc(C(=O)N2CCC[C@H](C)C2)c1. The standard InChI is InChI=1S/C17H23N3O3/c1-11-5-4-6-20(10-11)17(23)14-7-15(18-12(2)21)9-16(8-14)19-13(3)22/h7-9,11H,4-6,10H2,1-3H3,(H,18,21)(H,19,22)/t11-/m0/s1. The van der Waals surface area contributed by atoms with Crippen molar-refractivity contribution in [1.29, 1.82) is 0 Å². The molecule has 2 N–H and O–H groups in total. The van der Waals surface area contributed by atoms with Gasteiger partial charge in [-0.3, -0.25) is 14.4 Å². The van der Waals surface area contributed by atoms with Crippen molar-refractivity contribution in [3.63, 3.8) is 0 Å². The highest BCUT2D eigenvalue weighted by atomic mass is 16.2. The van der Waals surface area contributed by atoms with E-state index in [4.69, 9.17) is 0 Å². The van der Waals surface area contributed by atoms with Crippen molar-refractivity contribution in [2.24, 2.45) is 5.92 Å². The van der Waals surface area contributed by atoms with Gasteiger partial charge in [-0.05, 0) is 37.0 Å². The van der Waals surface area contributed by atoms with Crippen LogP contribution in [0.25, 0.3) is 0 Å². The van der Waals surface area contributed by atoms with Crippen LogP contribution in [0.4, 0.5) is 11.4 Å². The third kappa shape index (κ3) is 4.81. The van der Waals surface area contributed by atoms with Gasteiger partial charge in [-0.1, -0.05) is 6.92 Å². The van der Waals surface area contributed by atoms with Gasteiger partial charge < -0.3 is 15.5 Å². The van der Waals surface area contributed by atoms with Gasteiger partial charge >= 0.3 is 0 Å². The number of rotatable bonds is 3. The van der Waals surface area contributed by atoms with Gasteiger partial charge in [-0.25, -0.2) is 0 Å². The van der Waals surface area contributed by atoms with Crippen LogP contribution in [0.1, 0.15) is 44.0 Å². The number of benzene rings is 1. The van der Waals surface area contributed by atoms with Crippen LogP contribution in [0.15, 0.2) is 18.2 Å². The molecule has 1 aliphatic rings. The average molecular weight is 317 g/mol. The molecule has 1 aliphatic heterocycles. The molecule has 1 fully saturated rings. The fraction of sp³-hybridized carbons (Fsp3) is 0.471. The molecule has 1 aromatic rings. The van der Waals surface area contributed by atoms with Gasteiger partial charge in [0.25, 0.3) is 5.91 Å². The maximum Gasteiger partial charge on any atom is 0.254 e. The van der Waals surface area contributed by atoms with Crippen LogP contribution in [0.2, 0.25) is 0 Å². The number of hydrogen-bond donors (Lipinski definition) is 2. The fourth-order valence-corrected chi connectivity index (χ4v) is 2.86. The van der Waals surface area contributed by atoms with E-state index in [-0.39, 0.29) is 17.7 Å². The summed E-state index contributed by atoms with van der Waals surface area (Å²) in [6.07, 6.45) is 2.13.